The summed E-state index contributed by atoms with van der Waals surface area (Å²) in [5, 5.41) is 3.69. The molecule has 11 heteroatoms. The van der Waals surface area contributed by atoms with Gasteiger partial charge in [-0.25, -0.2) is 4.79 Å². The molecule has 2 saturated heterocycles. The minimum absolute atomic E-state index is 0.0924. The molecule has 3 aliphatic heterocycles. The molecule has 4 heterocycles. The number of H-pyrrole nitrogens is 1. The summed E-state index contributed by atoms with van der Waals surface area (Å²) in [5.74, 6) is 0. The lowest BCUT2D eigenvalue weighted by molar-refractivity contribution is 0.0144. The van der Waals surface area contributed by atoms with E-state index < -0.39 is 5.60 Å². The van der Waals surface area contributed by atoms with E-state index in [1.165, 1.54) is 19.6 Å². The number of aromatic nitrogens is 1. The molecule has 3 aromatic rings. The Labute approximate surface area is 267 Å². The summed E-state index contributed by atoms with van der Waals surface area (Å²) in [6, 6.07) is 16.9. The minimum atomic E-state index is -0.474. The zero-order chi connectivity index (χ0) is 30.8. The SMILES string of the molecule is CC(CN1CCN(C(=O)OC(C)(C)C)CC1)Nc1ccc2c(c1)Sc1cccc(-c3cc(N4CCOCC4)cc(=O)[nH]3)c1S2. The molecular weight excluding hydrogens is 595 g/mol. The van der Waals surface area contributed by atoms with Crippen molar-refractivity contribution in [2.75, 3.05) is 69.2 Å². The van der Waals surface area contributed by atoms with Crippen LogP contribution in [0.1, 0.15) is 27.7 Å². The van der Waals surface area contributed by atoms with E-state index in [2.05, 4.69) is 69.5 Å². The van der Waals surface area contributed by atoms with Crippen molar-refractivity contribution in [1.82, 2.24) is 14.8 Å². The first-order valence-electron chi connectivity index (χ1n) is 15.3. The molecule has 3 aliphatic rings. The fourth-order valence-electron chi connectivity index (χ4n) is 5.74. The third kappa shape index (κ3) is 7.39. The molecular formula is C33H41N5O4S2. The Hall–Kier alpha value is -3.12. The number of hydrogen-bond donors (Lipinski definition) is 2. The Morgan fingerprint density at radius 2 is 1.75 bits per heavy atom. The molecule has 0 saturated carbocycles. The smallest absolute Gasteiger partial charge is 0.410 e. The number of morpholine rings is 1. The van der Waals surface area contributed by atoms with Gasteiger partial charge in [-0.05, 0) is 58.0 Å². The molecule has 2 N–H and O–H groups in total. The zero-order valence-corrected chi connectivity index (χ0v) is 27.5. The molecule has 0 radical (unpaired) electrons. The standard InChI is InChI=1S/C33H41N5O4S2/c1-22(21-36-10-12-38(13-11-36)32(40)42-33(2,3)4)34-23-8-9-27-29(18-23)43-28-7-5-6-25(31(28)44-27)26-19-24(20-30(39)35-26)37-14-16-41-17-15-37/h5-9,18-20,22,34H,10-17,21H2,1-4H3,(H,35,39). The maximum absolute atomic E-state index is 12.7. The number of piperazine rings is 1. The van der Waals surface area contributed by atoms with Gasteiger partial charge in [0.25, 0.3) is 0 Å². The number of fused-ring (bicyclic) bond motifs is 2. The Balaban J connectivity index is 1.09. The van der Waals surface area contributed by atoms with Crippen LogP contribution in [0.25, 0.3) is 11.3 Å². The summed E-state index contributed by atoms with van der Waals surface area (Å²) in [6.07, 6.45) is -0.226. The number of carbonyl (C=O) groups is 1. The van der Waals surface area contributed by atoms with Crippen LogP contribution in [0.4, 0.5) is 16.2 Å². The number of pyridine rings is 1. The van der Waals surface area contributed by atoms with Gasteiger partial charge in [-0.1, -0.05) is 35.7 Å². The largest absolute Gasteiger partial charge is 0.444 e. The number of nitrogens with zero attached hydrogens (tertiary/aromatic N) is 3. The molecule has 1 amide bonds. The van der Waals surface area contributed by atoms with Gasteiger partial charge in [0.15, 0.2) is 0 Å². The third-order valence-electron chi connectivity index (χ3n) is 7.82. The van der Waals surface area contributed by atoms with Gasteiger partial charge < -0.3 is 29.6 Å². The van der Waals surface area contributed by atoms with Crippen molar-refractivity contribution < 1.29 is 14.3 Å². The van der Waals surface area contributed by atoms with Crippen LogP contribution < -0.4 is 15.8 Å². The topological polar surface area (TPSA) is 90.1 Å². The van der Waals surface area contributed by atoms with Crippen LogP contribution in [-0.4, -0.2) is 91.5 Å². The highest BCUT2D eigenvalue weighted by Gasteiger charge is 2.27. The van der Waals surface area contributed by atoms with Gasteiger partial charge in [-0.3, -0.25) is 9.69 Å². The molecule has 234 valence electrons. The Kier molecular flexibility index (Phi) is 9.18. The Morgan fingerprint density at radius 1 is 0.977 bits per heavy atom. The van der Waals surface area contributed by atoms with Gasteiger partial charge in [0.2, 0.25) is 5.56 Å². The Bertz CT molecular complexity index is 1560. The van der Waals surface area contributed by atoms with Gasteiger partial charge in [0, 0.05) is 94.4 Å². The fraction of sp³-hybridized carbons (Fsp3) is 0.455. The first-order chi connectivity index (χ1) is 21.1. The maximum atomic E-state index is 12.7. The number of ether oxygens (including phenoxy) is 2. The molecule has 0 spiro atoms. The second-order valence-corrected chi connectivity index (χ2v) is 14.7. The second kappa shape index (κ2) is 13.1. The van der Waals surface area contributed by atoms with E-state index >= 15 is 0 Å². The first kappa shape index (κ1) is 30.9. The molecule has 1 atom stereocenters. The summed E-state index contributed by atoms with van der Waals surface area (Å²) in [5.41, 5.74) is 3.35. The van der Waals surface area contributed by atoms with Gasteiger partial charge in [0.05, 0.1) is 18.9 Å². The summed E-state index contributed by atoms with van der Waals surface area (Å²) in [4.78, 5) is 39.4. The van der Waals surface area contributed by atoms with Crippen LogP contribution in [-0.2, 0) is 9.47 Å². The van der Waals surface area contributed by atoms with E-state index in [-0.39, 0.29) is 17.7 Å². The summed E-state index contributed by atoms with van der Waals surface area (Å²) in [7, 11) is 0. The van der Waals surface area contributed by atoms with Crippen molar-refractivity contribution in [2.24, 2.45) is 0 Å². The van der Waals surface area contributed by atoms with Crippen molar-refractivity contribution >= 4 is 41.0 Å². The molecule has 2 fully saturated rings. The van der Waals surface area contributed by atoms with E-state index in [0.29, 0.717) is 26.3 Å². The highest BCUT2D eigenvalue weighted by molar-refractivity contribution is 8.05. The van der Waals surface area contributed by atoms with E-state index in [1.54, 1.807) is 34.5 Å². The Morgan fingerprint density at radius 3 is 2.50 bits per heavy atom. The fourth-order valence-corrected chi connectivity index (χ4v) is 8.15. The number of anilines is 2. The number of rotatable bonds is 6. The van der Waals surface area contributed by atoms with Crippen LogP contribution in [0, 0.1) is 0 Å². The number of amides is 1. The van der Waals surface area contributed by atoms with E-state index in [0.717, 1.165) is 55.4 Å². The lowest BCUT2D eigenvalue weighted by Crippen LogP contribution is -2.51. The molecule has 6 rings (SSSR count). The second-order valence-electron chi connectivity index (χ2n) is 12.5. The van der Waals surface area contributed by atoms with E-state index in [1.807, 2.05) is 20.8 Å². The van der Waals surface area contributed by atoms with Crippen LogP contribution in [0.5, 0.6) is 0 Å². The number of carbonyl (C=O) groups excluding carboxylic acids is 1. The molecule has 1 unspecified atom stereocenters. The van der Waals surface area contributed by atoms with Crippen molar-refractivity contribution in [3.05, 3.63) is 58.9 Å². The quantitative estimate of drug-likeness (QED) is 0.271. The van der Waals surface area contributed by atoms with Crippen molar-refractivity contribution in [3.63, 3.8) is 0 Å². The third-order valence-corrected chi connectivity index (χ3v) is 10.4. The molecule has 1 aromatic heterocycles. The average molecular weight is 636 g/mol. The van der Waals surface area contributed by atoms with E-state index in [4.69, 9.17) is 9.47 Å². The van der Waals surface area contributed by atoms with Crippen LogP contribution in [0.2, 0.25) is 0 Å². The van der Waals surface area contributed by atoms with Crippen LogP contribution in [0.15, 0.2) is 72.9 Å². The lowest BCUT2D eigenvalue weighted by atomic mass is 10.1. The van der Waals surface area contributed by atoms with Crippen LogP contribution >= 0.6 is 23.5 Å². The van der Waals surface area contributed by atoms with Crippen molar-refractivity contribution in [1.29, 1.82) is 0 Å². The minimum Gasteiger partial charge on any atom is -0.444 e. The maximum Gasteiger partial charge on any atom is 0.410 e. The lowest BCUT2D eigenvalue weighted by Gasteiger charge is -2.36. The van der Waals surface area contributed by atoms with E-state index in [9.17, 15) is 9.59 Å². The molecule has 2 aromatic carbocycles. The zero-order valence-electron chi connectivity index (χ0n) is 25.9. The number of hydrogen-bond acceptors (Lipinski definition) is 9. The summed E-state index contributed by atoms with van der Waals surface area (Å²) >= 11 is 3.53. The molecule has 9 nitrogen and oxygen atoms in total. The number of aromatic amines is 1. The predicted octanol–water partition coefficient (Wildman–Crippen LogP) is 5.85. The molecule has 44 heavy (non-hydrogen) atoms. The molecule has 0 bridgehead atoms. The van der Waals surface area contributed by atoms with Gasteiger partial charge >= 0.3 is 6.09 Å². The highest BCUT2D eigenvalue weighted by atomic mass is 32.2. The van der Waals surface area contributed by atoms with Crippen molar-refractivity contribution in [3.8, 4) is 11.3 Å². The number of benzene rings is 2. The highest BCUT2D eigenvalue weighted by Crippen LogP contribution is 2.52. The van der Waals surface area contributed by atoms with Gasteiger partial charge in [-0.2, -0.15) is 0 Å². The van der Waals surface area contributed by atoms with Gasteiger partial charge in [0.1, 0.15) is 5.60 Å². The number of nitrogens with one attached hydrogen (secondary N) is 2. The molecule has 0 aliphatic carbocycles. The average Bonchev–Trinajstić information content (AvgIpc) is 2.99. The summed E-state index contributed by atoms with van der Waals surface area (Å²) < 4.78 is 11.0. The summed E-state index contributed by atoms with van der Waals surface area (Å²) in [6.45, 7) is 14.8. The first-order valence-corrected chi connectivity index (χ1v) is 16.9. The van der Waals surface area contributed by atoms with Gasteiger partial charge in [-0.15, -0.1) is 0 Å². The predicted molar refractivity (Wildman–Crippen MR) is 178 cm³/mol. The monoisotopic (exact) mass is 635 g/mol. The normalized spacial score (nSPS) is 17.9. The van der Waals surface area contributed by atoms with Crippen LogP contribution in [0.3, 0.4) is 0 Å². The van der Waals surface area contributed by atoms with Crippen molar-refractivity contribution in [2.45, 2.75) is 58.9 Å².